The standard InChI is InChI=1S/C20H21N3O7/c1-21-14(9-17(24)22(2)20(21)27)11-30-19(26)12-7-18(25)23(10-12)13-3-4-15-16(8-13)29-6-5-28-15/h3-4,8-9,12H,5-7,10-11H2,1-2H3. The Bertz CT molecular complexity index is 1130. The summed E-state index contributed by atoms with van der Waals surface area (Å²) in [6.07, 6.45) is 0.0166. The predicted octanol–water partition coefficient (Wildman–Crippen LogP) is -0.0485. The Morgan fingerprint density at radius 1 is 1.07 bits per heavy atom. The number of anilines is 1. The van der Waals surface area contributed by atoms with Crippen LogP contribution >= 0.6 is 0 Å². The Labute approximate surface area is 171 Å². The molecule has 0 N–H and O–H groups in total. The second kappa shape index (κ2) is 7.69. The molecule has 0 radical (unpaired) electrons. The number of hydrogen-bond donors (Lipinski definition) is 0. The Morgan fingerprint density at radius 2 is 1.80 bits per heavy atom. The fourth-order valence-electron chi connectivity index (χ4n) is 3.49. The minimum atomic E-state index is -0.644. The highest BCUT2D eigenvalue weighted by molar-refractivity contribution is 5.99. The van der Waals surface area contributed by atoms with E-state index < -0.39 is 23.1 Å². The predicted molar refractivity (Wildman–Crippen MR) is 105 cm³/mol. The van der Waals surface area contributed by atoms with Crippen molar-refractivity contribution in [2.45, 2.75) is 13.0 Å². The molecule has 0 saturated carbocycles. The number of nitrogens with zero attached hydrogens (tertiary/aromatic N) is 3. The van der Waals surface area contributed by atoms with Gasteiger partial charge in [0.25, 0.3) is 5.56 Å². The average molecular weight is 415 g/mol. The lowest BCUT2D eigenvalue weighted by molar-refractivity contribution is -0.149. The van der Waals surface area contributed by atoms with E-state index in [0.29, 0.717) is 30.4 Å². The molecular weight excluding hydrogens is 394 g/mol. The van der Waals surface area contributed by atoms with Gasteiger partial charge >= 0.3 is 11.7 Å². The number of esters is 1. The average Bonchev–Trinajstić information content (AvgIpc) is 3.15. The lowest BCUT2D eigenvalue weighted by atomic mass is 10.1. The summed E-state index contributed by atoms with van der Waals surface area (Å²) in [6.45, 7) is 0.856. The first-order chi connectivity index (χ1) is 14.3. The molecule has 1 atom stereocenters. The maximum Gasteiger partial charge on any atom is 0.330 e. The van der Waals surface area contributed by atoms with Crippen LogP contribution in [0.15, 0.2) is 33.9 Å². The van der Waals surface area contributed by atoms with Crippen LogP contribution in [0.3, 0.4) is 0 Å². The molecular formula is C20H21N3O7. The van der Waals surface area contributed by atoms with Crippen LogP contribution in [-0.4, -0.2) is 40.8 Å². The highest BCUT2D eigenvalue weighted by Crippen LogP contribution is 2.36. The van der Waals surface area contributed by atoms with Gasteiger partial charge in [0, 0.05) is 44.9 Å². The lowest BCUT2D eigenvalue weighted by Gasteiger charge is -2.22. The first-order valence-corrected chi connectivity index (χ1v) is 9.47. The van der Waals surface area contributed by atoms with Crippen molar-refractivity contribution in [1.29, 1.82) is 0 Å². The molecule has 10 nitrogen and oxygen atoms in total. The van der Waals surface area contributed by atoms with E-state index in [-0.39, 0.29) is 31.2 Å². The van der Waals surface area contributed by atoms with Crippen molar-refractivity contribution in [3.8, 4) is 11.5 Å². The van der Waals surface area contributed by atoms with Gasteiger partial charge in [-0.05, 0) is 12.1 Å². The summed E-state index contributed by atoms with van der Waals surface area (Å²) in [7, 11) is 2.87. The molecule has 3 heterocycles. The summed E-state index contributed by atoms with van der Waals surface area (Å²) < 4.78 is 18.5. The first-order valence-electron chi connectivity index (χ1n) is 9.47. The smallest absolute Gasteiger partial charge is 0.330 e. The van der Waals surface area contributed by atoms with Crippen LogP contribution in [0.1, 0.15) is 12.1 Å². The number of amides is 1. The summed E-state index contributed by atoms with van der Waals surface area (Å²) in [5, 5.41) is 0. The molecule has 1 unspecified atom stereocenters. The van der Waals surface area contributed by atoms with Gasteiger partial charge in [0.2, 0.25) is 5.91 Å². The number of aromatic nitrogens is 2. The van der Waals surface area contributed by atoms with Gasteiger partial charge in [0.1, 0.15) is 19.8 Å². The summed E-state index contributed by atoms with van der Waals surface area (Å²) >= 11 is 0. The van der Waals surface area contributed by atoms with Crippen LogP contribution in [0.2, 0.25) is 0 Å². The van der Waals surface area contributed by atoms with Gasteiger partial charge in [0.15, 0.2) is 11.5 Å². The van der Waals surface area contributed by atoms with Gasteiger partial charge in [-0.25, -0.2) is 4.79 Å². The number of carbonyl (C=O) groups excluding carboxylic acids is 2. The lowest BCUT2D eigenvalue weighted by Crippen LogP contribution is -2.38. The van der Waals surface area contributed by atoms with E-state index in [1.54, 1.807) is 18.2 Å². The van der Waals surface area contributed by atoms with E-state index in [9.17, 15) is 19.2 Å². The van der Waals surface area contributed by atoms with Gasteiger partial charge in [0.05, 0.1) is 11.6 Å². The molecule has 10 heteroatoms. The van der Waals surface area contributed by atoms with E-state index in [0.717, 1.165) is 4.57 Å². The van der Waals surface area contributed by atoms with Crippen LogP contribution in [0, 0.1) is 5.92 Å². The minimum Gasteiger partial charge on any atom is -0.486 e. The first kappa shape index (κ1) is 19.7. The molecule has 0 aliphatic carbocycles. The van der Waals surface area contributed by atoms with Gasteiger partial charge in [-0.1, -0.05) is 0 Å². The van der Waals surface area contributed by atoms with Crippen molar-refractivity contribution in [3.05, 3.63) is 50.8 Å². The summed E-state index contributed by atoms with van der Waals surface area (Å²) in [5.41, 5.74) is -0.0858. The number of carbonyl (C=O) groups is 2. The zero-order valence-electron chi connectivity index (χ0n) is 16.6. The van der Waals surface area contributed by atoms with Crippen LogP contribution < -0.4 is 25.6 Å². The number of benzene rings is 1. The molecule has 0 bridgehead atoms. The zero-order valence-corrected chi connectivity index (χ0v) is 16.6. The van der Waals surface area contributed by atoms with Crippen molar-refractivity contribution in [2.24, 2.45) is 20.0 Å². The van der Waals surface area contributed by atoms with E-state index in [1.165, 1.54) is 29.6 Å². The van der Waals surface area contributed by atoms with E-state index in [1.807, 2.05) is 0 Å². The van der Waals surface area contributed by atoms with Crippen molar-refractivity contribution in [2.75, 3.05) is 24.7 Å². The Kier molecular flexibility index (Phi) is 5.06. The van der Waals surface area contributed by atoms with Crippen molar-refractivity contribution in [1.82, 2.24) is 9.13 Å². The van der Waals surface area contributed by atoms with Crippen molar-refractivity contribution in [3.63, 3.8) is 0 Å². The van der Waals surface area contributed by atoms with E-state index in [4.69, 9.17) is 14.2 Å². The van der Waals surface area contributed by atoms with Gasteiger partial charge in [-0.15, -0.1) is 0 Å². The van der Waals surface area contributed by atoms with Crippen LogP contribution in [0.4, 0.5) is 5.69 Å². The molecule has 1 saturated heterocycles. The molecule has 2 aliphatic heterocycles. The summed E-state index contributed by atoms with van der Waals surface area (Å²) in [6, 6.07) is 6.44. The van der Waals surface area contributed by atoms with E-state index in [2.05, 4.69) is 0 Å². The highest BCUT2D eigenvalue weighted by Gasteiger charge is 2.36. The third-order valence-electron chi connectivity index (χ3n) is 5.28. The zero-order chi connectivity index (χ0) is 21.4. The van der Waals surface area contributed by atoms with Crippen LogP contribution in [0.5, 0.6) is 11.5 Å². The molecule has 2 aromatic rings. The molecule has 158 valence electrons. The third-order valence-corrected chi connectivity index (χ3v) is 5.28. The molecule has 0 spiro atoms. The normalized spacial score (nSPS) is 17.9. The molecule has 2 aliphatic rings. The Morgan fingerprint density at radius 3 is 2.57 bits per heavy atom. The number of ether oxygens (including phenoxy) is 3. The number of rotatable bonds is 4. The van der Waals surface area contributed by atoms with Crippen LogP contribution in [-0.2, 0) is 35.0 Å². The minimum absolute atomic E-state index is 0.0166. The van der Waals surface area contributed by atoms with Gasteiger partial charge in [-0.3, -0.25) is 23.5 Å². The van der Waals surface area contributed by atoms with Gasteiger partial charge < -0.3 is 19.1 Å². The number of fused-ring (bicyclic) bond motifs is 1. The largest absolute Gasteiger partial charge is 0.486 e. The van der Waals surface area contributed by atoms with Crippen LogP contribution in [0.25, 0.3) is 0 Å². The molecule has 1 amide bonds. The maximum absolute atomic E-state index is 12.5. The summed E-state index contributed by atoms with van der Waals surface area (Å²) in [5.74, 6) is -0.225. The highest BCUT2D eigenvalue weighted by atomic mass is 16.6. The third kappa shape index (κ3) is 3.56. The molecule has 1 aromatic heterocycles. The summed E-state index contributed by atoms with van der Waals surface area (Å²) in [4.78, 5) is 50.3. The molecule has 30 heavy (non-hydrogen) atoms. The maximum atomic E-state index is 12.5. The topological polar surface area (TPSA) is 109 Å². The molecule has 1 fully saturated rings. The molecule has 1 aromatic carbocycles. The molecule has 4 rings (SSSR count). The SMILES string of the molecule is Cn1c(COC(=O)C2CC(=O)N(c3ccc4c(c3)OCCO4)C2)cc(=O)n(C)c1=O. The monoisotopic (exact) mass is 415 g/mol. The Hall–Kier alpha value is -3.56. The second-order valence-electron chi connectivity index (χ2n) is 7.22. The quantitative estimate of drug-likeness (QED) is 0.644. The second-order valence-corrected chi connectivity index (χ2v) is 7.22. The van der Waals surface area contributed by atoms with Gasteiger partial charge in [-0.2, -0.15) is 0 Å². The van der Waals surface area contributed by atoms with E-state index >= 15 is 0 Å². The Balaban J connectivity index is 1.44. The van der Waals surface area contributed by atoms with Crippen molar-refractivity contribution >= 4 is 17.6 Å². The number of hydrogen-bond acceptors (Lipinski definition) is 7. The van der Waals surface area contributed by atoms with Crippen molar-refractivity contribution < 1.29 is 23.8 Å². The fraction of sp³-hybridized carbons (Fsp3) is 0.400. The fourth-order valence-corrected chi connectivity index (χ4v) is 3.49.